The van der Waals surface area contributed by atoms with Crippen LogP contribution in [0.15, 0.2) is 69.9 Å². The number of halogens is 1. The Kier molecular flexibility index (Phi) is 5.53. The summed E-state index contributed by atoms with van der Waals surface area (Å²) >= 11 is 6.23. The van der Waals surface area contributed by atoms with Gasteiger partial charge in [-0.25, -0.2) is 4.79 Å². The molecule has 156 valence electrons. The second kappa shape index (κ2) is 8.28. The summed E-state index contributed by atoms with van der Waals surface area (Å²) < 4.78 is 12.0. The standard InChI is InChI=1S/C25H19ClO5/c1-14-3-7-17(8-4-14)23-24(30-13-16-5-9-18(10-6-16)25(28)29)22(27)19-12-20(26)15(2)11-21(19)31-23/h3-12H,13H2,1-2H3,(H,28,29). The minimum atomic E-state index is -1.00. The molecule has 0 fully saturated rings. The van der Waals surface area contributed by atoms with Crippen LogP contribution >= 0.6 is 11.6 Å². The third-order valence-electron chi connectivity index (χ3n) is 5.03. The summed E-state index contributed by atoms with van der Waals surface area (Å²) in [4.78, 5) is 24.3. The molecule has 0 aliphatic rings. The molecule has 0 saturated heterocycles. The van der Waals surface area contributed by atoms with Gasteiger partial charge >= 0.3 is 5.97 Å². The Labute approximate surface area is 183 Å². The third-order valence-corrected chi connectivity index (χ3v) is 5.43. The first-order valence-electron chi connectivity index (χ1n) is 9.62. The fourth-order valence-electron chi connectivity index (χ4n) is 3.22. The highest BCUT2D eigenvalue weighted by atomic mass is 35.5. The number of fused-ring (bicyclic) bond motifs is 1. The van der Waals surface area contributed by atoms with Gasteiger partial charge in [-0.1, -0.05) is 53.6 Å². The smallest absolute Gasteiger partial charge is 0.335 e. The number of carboxylic acid groups (broad SMARTS) is 1. The van der Waals surface area contributed by atoms with E-state index < -0.39 is 5.97 Å². The quantitative estimate of drug-likeness (QED) is 0.416. The normalized spacial score (nSPS) is 10.9. The molecule has 5 nitrogen and oxygen atoms in total. The van der Waals surface area contributed by atoms with E-state index in [2.05, 4.69) is 0 Å². The molecule has 1 heterocycles. The van der Waals surface area contributed by atoms with Crippen molar-refractivity contribution in [2.24, 2.45) is 0 Å². The van der Waals surface area contributed by atoms with Gasteiger partial charge in [-0.2, -0.15) is 0 Å². The van der Waals surface area contributed by atoms with Gasteiger partial charge in [0, 0.05) is 10.6 Å². The minimum absolute atomic E-state index is 0.0780. The highest BCUT2D eigenvalue weighted by molar-refractivity contribution is 6.32. The molecule has 1 N–H and O–H groups in total. The van der Waals surface area contributed by atoms with Crippen LogP contribution in [0.4, 0.5) is 0 Å². The van der Waals surface area contributed by atoms with Gasteiger partial charge in [-0.15, -0.1) is 0 Å². The van der Waals surface area contributed by atoms with Gasteiger partial charge in [0.25, 0.3) is 0 Å². The lowest BCUT2D eigenvalue weighted by atomic mass is 10.1. The van der Waals surface area contributed by atoms with E-state index in [1.807, 2.05) is 38.1 Å². The number of hydrogen-bond donors (Lipinski definition) is 1. The van der Waals surface area contributed by atoms with E-state index in [-0.39, 0.29) is 23.3 Å². The summed E-state index contributed by atoms with van der Waals surface area (Å²) in [7, 11) is 0. The maximum Gasteiger partial charge on any atom is 0.335 e. The van der Waals surface area contributed by atoms with Gasteiger partial charge in [0.15, 0.2) is 5.76 Å². The van der Waals surface area contributed by atoms with Crippen molar-refractivity contribution < 1.29 is 19.1 Å². The van der Waals surface area contributed by atoms with Crippen LogP contribution in [-0.2, 0) is 6.61 Å². The lowest BCUT2D eigenvalue weighted by Gasteiger charge is -2.13. The topological polar surface area (TPSA) is 76.7 Å². The molecule has 0 unspecified atom stereocenters. The summed E-state index contributed by atoms with van der Waals surface area (Å²) in [6.07, 6.45) is 0. The van der Waals surface area contributed by atoms with Gasteiger partial charge in [0.05, 0.1) is 10.9 Å². The van der Waals surface area contributed by atoms with Crippen LogP contribution in [0.25, 0.3) is 22.3 Å². The van der Waals surface area contributed by atoms with E-state index in [9.17, 15) is 9.59 Å². The van der Waals surface area contributed by atoms with Crippen LogP contribution in [0.3, 0.4) is 0 Å². The fraction of sp³-hybridized carbons (Fsp3) is 0.120. The molecule has 1 aromatic heterocycles. The first-order valence-corrected chi connectivity index (χ1v) is 10.0. The number of carboxylic acids is 1. The number of carbonyl (C=O) groups is 1. The average Bonchev–Trinajstić information content (AvgIpc) is 2.75. The average molecular weight is 435 g/mol. The van der Waals surface area contributed by atoms with Gasteiger partial charge in [0.1, 0.15) is 12.2 Å². The molecule has 0 spiro atoms. The first kappa shape index (κ1) is 20.7. The van der Waals surface area contributed by atoms with Crippen LogP contribution in [0.5, 0.6) is 5.75 Å². The number of aryl methyl sites for hydroxylation is 2. The summed E-state index contributed by atoms with van der Waals surface area (Å²) in [6.45, 7) is 3.90. The Morgan fingerprint density at radius 1 is 1.03 bits per heavy atom. The zero-order chi connectivity index (χ0) is 22.1. The summed E-state index contributed by atoms with van der Waals surface area (Å²) in [6, 6.07) is 17.2. The van der Waals surface area contributed by atoms with E-state index in [0.29, 0.717) is 27.3 Å². The Hall–Kier alpha value is -3.57. The Morgan fingerprint density at radius 3 is 2.35 bits per heavy atom. The van der Waals surface area contributed by atoms with Crippen molar-refractivity contribution in [3.05, 3.63) is 98.2 Å². The SMILES string of the molecule is Cc1ccc(-c2oc3cc(C)c(Cl)cc3c(=O)c2OCc2ccc(C(=O)O)cc2)cc1. The second-order valence-electron chi connectivity index (χ2n) is 7.34. The highest BCUT2D eigenvalue weighted by Gasteiger charge is 2.19. The monoisotopic (exact) mass is 434 g/mol. The van der Waals surface area contributed by atoms with E-state index in [1.54, 1.807) is 24.3 Å². The zero-order valence-electron chi connectivity index (χ0n) is 16.9. The van der Waals surface area contributed by atoms with Crippen LogP contribution in [0, 0.1) is 13.8 Å². The molecule has 4 aromatic rings. The van der Waals surface area contributed by atoms with Crippen LogP contribution in [-0.4, -0.2) is 11.1 Å². The summed E-state index contributed by atoms with van der Waals surface area (Å²) in [5.74, 6) is -0.587. The lowest BCUT2D eigenvalue weighted by molar-refractivity contribution is 0.0697. The van der Waals surface area contributed by atoms with E-state index >= 15 is 0 Å². The molecule has 0 radical (unpaired) electrons. The Balaban J connectivity index is 1.81. The molecule has 0 aliphatic carbocycles. The molecule has 0 bridgehead atoms. The van der Waals surface area contributed by atoms with Crippen molar-refractivity contribution in [1.29, 1.82) is 0 Å². The van der Waals surface area contributed by atoms with E-state index in [4.69, 9.17) is 25.9 Å². The Morgan fingerprint density at radius 2 is 1.71 bits per heavy atom. The van der Waals surface area contributed by atoms with Crippen molar-refractivity contribution in [3.63, 3.8) is 0 Å². The van der Waals surface area contributed by atoms with Crippen LogP contribution < -0.4 is 10.2 Å². The maximum atomic E-state index is 13.3. The highest BCUT2D eigenvalue weighted by Crippen LogP contribution is 2.33. The van der Waals surface area contributed by atoms with Gasteiger partial charge in [-0.3, -0.25) is 4.79 Å². The van der Waals surface area contributed by atoms with Crippen molar-refractivity contribution in [2.75, 3.05) is 0 Å². The van der Waals surface area contributed by atoms with Gasteiger partial charge in [0.2, 0.25) is 11.2 Å². The van der Waals surface area contributed by atoms with Gasteiger partial charge < -0.3 is 14.3 Å². The maximum absolute atomic E-state index is 13.3. The molecule has 4 rings (SSSR count). The molecule has 0 amide bonds. The molecular formula is C25H19ClO5. The molecule has 3 aromatic carbocycles. The van der Waals surface area contributed by atoms with Gasteiger partial charge in [-0.05, 0) is 49.2 Å². The Bertz CT molecular complexity index is 1340. The largest absolute Gasteiger partial charge is 0.481 e. The molecule has 0 atom stereocenters. The van der Waals surface area contributed by atoms with Crippen LogP contribution in [0.1, 0.15) is 27.0 Å². The number of ether oxygens (including phenoxy) is 1. The number of benzene rings is 3. The van der Waals surface area contributed by atoms with E-state index in [0.717, 1.165) is 16.7 Å². The lowest BCUT2D eigenvalue weighted by Crippen LogP contribution is -2.10. The van der Waals surface area contributed by atoms with Crippen LogP contribution in [0.2, 0.25) is 5.02 Å². The third kappa shape index (κ3) is 4.18. The first-order chi connectivity index (χ1) is 14.8. The van der Waals surface area contributed by atoms with Crippen molar-refractivity contribution >= 4 is 28.5 Å². The van der Waals surface area contributed by atoms with Crippen molar-refractivity contribution in [2.45, 2.75) is 20.5 Å². The molecule has 6 heteroatoms. The predicted octanol–water partition coefficient (Wildman–Crippen LogP) is 6.01. The van der Waals surface area contributed by atoms with Crippen molar-refractivity contribution in [1.82, 2.24) is 0 Å². The second-order valence-corrected chi connectivity index (χ2v) is 7.75. The molecule has 31 heavy (non-hydrogen) atoms. The number of rotatable bonds is 5. The van der Waals surface area contributed by atoms with E-state index in [1.165, 1.54) is 12.1 Å². The number of hydrogen-bond acceptors (Lipinski definition) is 4. The molecule has 0 saturated carbocycles. The summed E-state index contributed by atoms with van der Waals surface area (Å²) in [5.41, 5.74) is 3.62. The zero-order valence-corrected chi connectivity index (χ0v) is 17.7. The molecular weight excluding hydrogens is 416 g/mol. The number of aromatic carboxylic acids is 1. The molecule has 0 aliphatic heterocycles. The summed E-state index contributed by atoms with van der Waals surface area (Å²) in [5, 5.41) is 9.85. The fourth-order valence-corrected chi connectivity index (χ4v) is 3.39. The minimum Gasteiger partial charge on any atom is -0.481 e. The van der Waals surface area contributed by atoms with Crippen molar-refractivity contribution in [3.8, 4) is 17.1 Å². The predicted molar refractivity (Wildman–Crippen MR) is 120 cm³/mol.